The van der Waals surface area contributed by atoms with Gasteiger partial charge in [0.2, 0.25) is 0 Å². The molecule has 125 valence electrons. The van der Waals surface area contributed by atoms with Crippen molar-refractivity contribution in [3.63, 3.8) is 0 Å². The molecular weight excluding hydrogens is 368 g/mol. The van der Waals surface area contributed by atoms with Gasteiger partial charge in [0.25, 0.3) is 0 Å². The van der Waals surface area contributed by atoms with E-state index in [0.29, 0.717) is 17.9 Å². The van der Waals surface area contributed by atoms with Crippen molar-refractivity contribution >= 4 is 17.1 Å². The van der Waals surface area contributed by atoms with E-state index in [4.69, 9.17) is 0 Å². The second-order valence-corrected chi connectivity index (χ2v) is 6.15. The van der Waals surface area contributed by atoms with Crippen molar-refractivity contribution in [2.75, 3.05) is 0 Å². The molecule has 0 unspecified atom stereocenters. The largest absolute Gasteiger partial charge is 3.00 e. The third kappa shape index (κ3) is 3.12. The van der Waals surface area contributed by atoms with Gasteiger partial charge in [-0.15, -0.1) is 0 Å². The molecule has 0 saturated carbocycles. The molecule has 0 fully saturated rings. The SMILES string of the molecule is OC1=C2C=C3C=CC(=N3)C=C3C=CC(=N3)C=C3C=CC(=N3)C=C(C1)N2.[Fe+3]. The molecule has 5 aliphatic rings. The normalized spacial score (nSPS) is 22.1. The summed E-state index contributed by atoms with van der Waals surface area (Å²) in [5, 5.41) is 13.5. The van der Waals surface area contributed by atoms with Crippen LogP contribution in [0.1, 0.15) is 6.42 Å². The number of rotatable bonds is 0. The van der Waals surface area contributed by atoms with Gasteiger partial charge in [0.15, 0.2) is 0 Å². The molecule has 2 N–H and O–H groups in total. The number of allylic oxidation sites excluding steroid dienone is 10. The molecule has 6 heteroatoms. The Balaban J connectivity index is 0.00000168. The van der Waals surface area contributed by atoms with Crippen LogP contribution in [0.15, 0.2) is 110 Å². The second-order valence-electron chi connectivity index (χ2n) is 6.15. The number of aliphatic hydroxyl groups is 1. The third-order valence-corrected chi connectivity index (χ3v) is 4.22. The Morgan fingerprint density at radius 3 is 1.77 bits per heavy atom. The Bertz CT molecular complexity index is 1040. The number of hydrogen-bond donors (Lipinski definition) is 2. The van der Waals surface area contributed by atoms with Gasteiger partial charge in [0.05, 0.1) is 39.9 Å². The molecule has 8 bridgehead atoms. The predicted molar refractivity (Wildman–Crippen MR) is 99.5 cm³/mol. The standard InChI is InChI=1S/C20H14N4O.Fe/c25-20-11-18-9-16-4-3-14(22-16)7-12-1-2-13(21-12)8-15-5-6-17(23-15)10-19(20)24-18;/h1-10,24-25H,11H2;/q;+3. The molecule has 1 radical (unpaired) electrons. The van der Waals surface area contributed by atoms with Crippen LogP contribution >= 0.6 is 0 Å². The van der Waals surface area contributed by atoms with Crippen LogP contribution in [0.25, 0.3) is 0 Å². The molecular formula is C20H14FeN4O+3. The van der Waals surface area contributed by atoms with Gasteiger partial charge in [-0.05, 0) is 60.8 Å². The van der Waals surface area contributed by atoms with E-state index in [0.717, 1.165) is 39.9 Å². The van der Waals surface area contributed by atoms with Gasteiger partial charge in [-0.25, -0.2) is 15.0 Å². The summed E-state index contributed by atoms with van der Waals surface area (Å²) in [5.41, 5.74) is 6.66. The first-order chi connectivity index (χ1) is 12.2. The van der Waals surface area contributed by atoms with Crippen LogP contribution in [0.3, 0.4) is 0 Å². The fraction of sp³-hybridized carbons (Fsp3) is 0.0500. The van der Waals surface area contributed by atoms with Crippen molar-refractivity contribution < 1.29 is 22.2 Å². The molecule has 0 amide bonds. The number of nitrogens with one attached hydrogen (secondary N) is 1. The Kier molecular flexibility index (Phi) is 4.07. The van der Waals surface area contributed by atoms with Crippen LogP contribution in [-0.2, 0) is 17.1 Å². The molecule has 5 nitrogen and oxygen atoms in total. The minimum atomic E-state index is 0. The Morgan fingerprint density at radius 1 is 0.692 bits per heavy atom. The van der Waals surface area contributed by atoms with Crippen molar-refractivity contribution in [1.82, 2.24) is 5.32 Å². The van der Waals surface area contributed by atoms with Crippen molar-refractivity contribution in [2.24, 2.45) is 15.0 Å². The van der Waals surface area contributed by atoms with Crippen LogP contribution in [0.2, 0.25) is 0 Å². The van der Waals surface area contributed by atoms with E-state index in [1.165, 1.54) is 0 Å². The maximum atomic E-state index is 10.2. The van der Waals surface area contributed by atoms with E-state index in [1.807, 2.05) is 60.8 Å². The van der Waals surface area contributed by atoms with E-state index < -0.39 is 0 Å². The van der Waals surface area contributed by atoms with Crippen LogP contribution < -0.4 is 5.32 Å². The third-order valence-electron chi connectivity index (χ3n) is 4.22. The molecule has 5 heterocycles. The van der Waals surface area contributed by atoms with E-state index in [9.17, 15) is 5.11 Å². The molecule has 0 atom stereocenters. The van der Waals surface area contributed by atoms with Crippen LogP contribution in [0.4, 0.5) is 0 Å². The molecule has 5 aliphatic heterocycles. The zero-order chi connectivity index (χ0) is 16.8. The van der Waals surface area contributed by atoms with Crippen LogP contribution in [-0.4, -0.2) is 22.2 Å². The zero-order valence-corrected chi connectivity index (χ0v) is 14.7. The Hall–Kier alpha value is -2.95. The fourth-order valence-corrected chi connectivity index (χ4v) is 3.07. The van der Waals surface area contributed by atoms with Crippen molar-refractivity contribution in [1.29, 1.82) is 0 Å². The molecule has 0 aromatic carbocycles. The maximum Gasteiger partial charge on any atom is 3.00 e. The predicted octanol–water partition coefficient (Wildman–Crippen LogP) is 3.33. The zero-order valence-electron chi connectivity index (χ0n) is 13.6. The van der Waals surface area contributed by atoms with E-state index in [2.05, 4.69) is 20.3 Å². The summed E-state index contributed by atoms with van der Waals surface area (Å²) < 4.78 is 0. The first-order valence-corrected chi connectivity index (χ1v) is 8.06. The Labute approximate surface area is 161 Å². The molecule has 0 aromatic heterocycles. The van der Waals surface area contributed by atoms with Gasteiger partial charge in [-0.1, -0.05) is 0 Å². The van der Waals surface area contributed by atoms with E-state index in [-0.39, 0.29) is 17.1 Å². The topological polar surface area (TPSA) is 69.3 Å². The first-order valence-electron chi connectivity index (χ1n) is 8.06. The van der Waals surface area contributed by atoms with Crippen LogP contribution in [0.5, 0.6) is 0 Å². The number of aliphatic imine (C=N–C) groups is 3. The smallest absolute Gasteiger partial charge is 0.510 e. The van der Waals surface area contributed by atoms with E-state index >= 15 is 0 Å². The summed E-state index contributed by atoms with van der Waals surface area (Å²) in [5.74, 6) is 0.310. The Morgan fingerprint density at radius 2 is 1.19 bits per heavy atom. The molecule has 0 saturated heterocycles. The average molecular weight is 382 g/mol. The maximum absolute atomic E-state index is 10.2. The van der Waals surface area contributed by atoms with Gasteiger partial charge < -0.3 is 10.4 Å². The minimum Gasteiger partial charge on any atom is -0.510 e. The average Bonchev–Trinajstić information content (AvgIpc) is 3.33. The van der Waals surface area contributed by atoms with Gasteiger partial charge in [0, 0.05) is 12.1 Å². The fourth-order valence-electron chi connectivity index (χ4n) is 3.07. The van der Waals surface area contributed by atoms with Crippen molar-refractivity contribution in [3.8, 4) is 0 Å². The van der Waals surface area contributed by atoms with Gasteiger partial charge >= 0.3 is 17.1 Å². The minimum absolute atomic E-state index is 0. The summed E-state index contributed by atoms with van der Waals surface area (Å²) >= 11 is 0. The summed E-state index contributed by atoms with van der Waals surface area (Å²) in [4.78, 5) is 13.7. The number of nitrogens with zero attached hydrogens (tertiary/aromatic N) is 3. The van der Waals surface area contributed by atoms with Gasteiger partial charge in [-0.2, -0.15) is 0 Å². The summed E-state index contributed by atoms with van der Waals surface area (Å²) in [6.07, 6.45) is 19.9. The molecule has 26 heavy (non-hydrogen) atoms. The number of fused-ring (bicyclic) bond motifs is 5. The summed E-state index contributed by atoms with van der Waals surface area (Å²) in [7, 11) is 0. The molecule has 0 spiro atoms. The number of aliphatic hydroxyl groups excluding tert-OH is 1. The van der Waals surface area contributed by atoms with Crippen molar-refractivity contribution in [3.05, 3.63) is 95.0 Å². The quantitative estimate of drug-likeness (QED) is 0.631. The molecule has 0 aromatic rings. The van der Waals surface area contributed by atoms with Gasteiger partial charge in [-0.3, -0.25) is 0 Å². The summed E-state index contributed by atoms with van der Waals surface area (Å²) in [6, 6.07) is 0. The first kappa shape index (κ1) is 16.5. The monoisotopic (exact) mass is 382 g/mol. The number of hydrogen-bond acceptors (Lipinski definition) is 5. The molecule has 5 rings (SSSR count). The summed E-state index contributed by atoms with van der Waals surface area (Å²) in [6.45, 7) is 0. The second kappa shape index (κ2) is 6.41. The van der Waals surface area contributed by atoms with Crippen LogP contribution in [0, 0.1) is 0 Å². The van der Waals surface area contributed by atoms with Gasteiger partial charge in [0.1, 0.15) is 5.76 Å². The van der Waals surface area contributed by atoms with E-state index in [1.54, 1.807) is 0 Å². The van der Waals surface area contributed by atoms with Crippen molar-refractivity contribution in [2.45, 2.75) is 6.42 Å². The molecule has 0 aliphatic carbocycles.